The molecular formula is C18H22N4S2. The summed E-state index contributed by atoms with van der Waals surface area (Å²) in [5.74, 6) is 0. The molecule has 0 bridgehead atoms. The highest BCUT2D eigenvalue weighted by molar-refractivity contribution is 7.80. The lowest BCUT2D eigenvalue weighted by Crippen LogP contribution is -2.27. The lowest BCUT2D eigenvalue weighted by molar-refractivity contribution is 0.979. The van der Waals surface area contributed by atoms with Crippen LogP contribution in [0.1, 0.15) is 13.8 Å². The number of nitrogens with one attached hydrogen (secondary N) is 4. The van der Waals surface area contributed by atoms with Crippen LogP contribution in [0, 0.1) is 0 Å². The minimum absolute atomic E-state index is 0.636. The van der Waals surface area contributed by atoms with Crippen molar-refractivity contribution in [1.82, 2.24) is 10.6 Å². The van der Waals surface area contributed by atoms with E-state index in [1.165, 1.54) is 0 Å². The summed E-state index contributed by atoms with van der Waals surface area (Å²) < 4.78 is 0. The summed E-state index contributed by atoms with van der Waals surface area (Å²) in [6.07, 6.45) is 0. The Hall–Kier alpha value is -2.18. The van der Waals surface area contributed by atoms with Gasteiger partial charge in [-0.1, -0.05) is 24.3 Å². The minimum atomic E-state index is 0.636. The van der Waals surface area contributed by atoms with Crippen molar-refractivity contribution in [2.75, 3.05) is 23.7 Å². The highest BCUT2D eigenvalue weighted by Gasteiger charge is 2.01. The van der Waals surface area contributed by atoms with Crippen LogP contribution < -0.4 is 21.3 Å². The van der Waals surface area contributed by atoms with Crippen LogP contribution in [0.15, 0.2) is 48.5 Å². The largest absolute Gasteiger partial charge is 0.363 e. The number of anilines is 2. The van der Waals surface area contributed by atoms with Crippen LogP contribution in [-0.4, -0.2) is 23.3 Å². The van der Waals surface area contributed by atoms with Crippen LogP contribution in [0.3, 0.4) is 0 Å². The smallest absolute Gasteiger partial charge is 0.170 e. The second-order valence-electron chi connectivity index (χ2n) is 5.12. The third-order valence-electron chi connectivity index (χ3n) is 3.29. The summed E-state index contributed by atoms with van der Waals surface area (Å²) in [4.78, 5) is 0. The van der Waals surface area contributed by atoms with Gasteiger partial charge in [-0.05, 0) is 73.7 Å². The van der Waals surface area contributed by atoms with Crippen molar-refractivity contribution in [2.45, 2.75) is 13.8 Å². The number of rotatable bonds is 5. The Morgan fingerprint density at radius 2 is 1.00 bits per heavy atom. The van der Waals surface area contributed by atoms with Crippen molar-refractivity contribution in [3.63, 3.8) is 0 Å². The number of benzene rings is 2. The zero-order chi connectivity index (χ0) is 17.4. The highest BCUT2D eigenvalue weighted by atomic mass is 32.1. The van der Waals surface area contributed by atoms with Gasteiger partial charge >= 0.3 is 0 Å². The topological polar surface area (TPSA) is 48.1 Å². The minimum Gasteiger partial charge on any atom is -0.363 e. The van der Waals surface area contributed by atoms with Crippen LogP contribution in [0.4, 0.5) is 11.4 Å². The van der Waals surface area contributed by atoms with Crippen molar-refractivity contribution in [3.8, 4) is 11.1 Å². The molecule has 0 aliphatic rings. The van der Waals surface area contributed by atoms with Gasteiger partial charge in [0.15, 0.2) is 10.2 Å². The molecule has 0 aliphatic heterocycles. The molecule has 4 nitrogen and oxygen atoms in total. The van der Waals surface area contributed by atoms with Gasteiger partial charge in [0.1, 0.15) is 0 Å². The van der Waals surface area contributed by atoms with E-state index < -0.39 is 0 Å². The van der Waals surface area contributed by atoms with Crippen LogP contribution in [0.2, 0.25) is 0 Å². The second kappa shape index (κ2) is 9.20. The number of hydrogen-bond donors (Lipinski definition) is 4. The monoisotopic (exact) mass is 358 g/mol. The molecule has 0 saturated carbocycles. The third kappa shape index (κ3) is 5.47. The van der Waals surface area contributed by atoms with Crippen molar-refractivity contribution in [1.29, 1.82) is 0 Å². The van der Waals surface area contributed by atoms with E-state index in [2.05, 4.69) is 45.5 Å². The lowest BCUT2D eigenvalue weighted by Gasteiger charge is -2.11. The van der Waals surface area contributed by atoms with E-state index in [1.807, 2.05) is 38.1 Å². The molecule has 4 N–H and O–H groups in total. The van der Waals surface area contributed by atoms with Crippen LogP contribution in [0.5, 0.6) is 0 Å². The van der Waals surface area contributed by atoms with E-state index >= 15 is 0 Å². The van der Waals surface area contributed by atoms with Crippen LogP contribution in [0.25, 0.3) is 11.1 Å². The first kappa shape index (κ1) is 18.2. The van der Waals surface area contributed by atoms with Gasteiger partial charge in [0, 0.05) is 24.5 Å². The zero-order valence-corrected chi connectivity index (χ0v) is 15.5. The predicted octanol–water partition coefficient (Wildman–Crippen LogP) is 3.97. The number of thiocarbonyl (C=S) groups is 2. The average molecular weight is 359 g/mol. The summed E-state index contributed by atoms with van der Waals surface area (Å²) >= 11 is 10.4. The molecule has 0 unspecified atom stereocenters. The van der Waals surface area contributed by atoms with Gasteiger partial charge in [0.05, 0.1) is 0 Å². The van der Waals surface area contributed by atoms with Crippen molar-refractivity contribution < 1.29 is 0 Å². The molecule has 0 atom stereocenters. The summed E-state index contributed by atoms with van der Waals surface area (Å²) in [5.41, 5.74) is 4.24. The zero-order valence-electron chi connectivity index (χ0n) is 13.8. The highest BCUT2D eigenvalue weighted by Crippen LogP contribution is 2.23. The van der Waals surface area contributed by atoms with Gasteiger partial charge in [-0.2, -0.15) is 0 Å². The molecule has 24 heavy (non-hydrogen) atoms. The first-order valence-electron chi connectivity index (χ1n) is 7.92. The van der Waals surface area contributed by atoms with Gasteiger partial charge in [-0.15, -0.1) is 0 Å². The molecule has 0 aromatic heterocycles. The fourth-order valence-electron chi connectivity index (χ4n) is 2.16. The Balaban J connectivity index is 2.01. The van der Waals surface area contributed by atoms with Crippen molar-refractivity contribution in [2.24, 2.45) is 0 Å². The maximum Gasteiger partial charge on any atom is 0.170 e. The van der Waals surface area contributed by atoms with Crippen molar-refractivity contribution in [3.05, 3.63) is 48.5 Å². The van der Waals surface area contributed by atoms with Crippen molar-refractivity contribution >= 4 is 46.0 Å². The van der Waals surface area contributed by atoms with E-state index in [1.54, 1.807) is 0 Å². The Kier molecular flexibility index (Phi) is 6.96. The molecule has 0 radical (unpaired) electrons. The summed E-state index contributed by atoms with van der Waals surface area (Å²) in [6.45, 7) is 5.64. The van der Waals surface area contributed by atoms with E-state index in [0.717, 1.165) is 35.6 Å². The summed E-state index contributed by atoms with van der Waals surface area (Å²) in [5, 5.41) is 13.7. The fourth-order valence-corrected chi connectivity index (χ4v) is 2.69. The maximum absolute atomic E-state index is 5.18. The van der Waals surface area contributed by atoms with Gasteiger partial charge in [-0.3, -0.25) is 0 Å². The Bertz CT molecular complexity index is 620. The average Bonchev–Trinajstić information content (AvgIpc) is 2.57. The van der Waals surface area contributed by atoms with Crippen LogP contribution in [-0.2, 0) is 0 Å². The first-order chi connectivity index (χ1) is 11.6. The molecule has 6 heteroatoms. The summed E-state index contributed by atoms with van der Waals surface area (Å²) in [6, 6.07) is 16.4. The Labute approximate surface area is 154 Å². The van der Waals surface area contributed by atoms with Gasteiger partial charge in [0.25, 0.3) is 0 Å². The molecular weight excluding hydrogens is 336 g/mol. The molecule has 0 saturated heterocycles. The molecule has 126 valence electrons. The van der Waals surface area contributed by atoms with Crippen LogP contribution >= 0.6 is 24.4 Å². The maximum atomic E-state index is 5.18. The molecule has 0 spiro atoms. The standard InChI is InChI=1S/C18H22N4S2/c1-3-19-17(23)21-15-9-5-13(6-10-15)14-7-11-16(12-8-14)22-18(24)20-4-2/h5-12H,3-4H2,1-2H3,(H2,19,21,23)(H2,20,22,24). The van der Waals surface area contributed by atoms with Gasteiger partial charge in [-0.25, -0.2) is 0 Å². The molecule has 0 heterocycles. The lowest BCUT2D eigenvalue weighted by atomic mass is 10.1. The van der Waals surface area contributed by atoms with E-state index in [0.29, 0.717) is 10.2 Å². The normalized spacial score (nSPS) is 9.92. The Morgan fingerprint density at radius 1 is 0.667 bits per heavy atom. The van der Waals surface area contributed by atoms with Gasteiger partial charge < -0.3 is 21.3 Å². The fraction of sp³-hybridized carbons (Fsp3) is 0.222. The summed E-state index contributed by atoms with van der Waals surface area (Å²) in [7, 11) is 0. The molecule has 0 aliphatic carbocycles. The number of hydrogen-bond acceptors (Lipinski definition) is 2. The molecule has 2 aromatic carbocycles. The third-order valence-corrected chi connectivity index (χ3v) is 3.79. The van der Waals surface area contributed by atoms with Gasteiger partial charge in [0.2, 0.25) is 0 Å². The quantitative estimate of drug-likeness (QED) is 0.607. The first-order valence-corrected chi connectivity index (χ1v) is 8.74. The van der Waals surface area contributed by atoms with E-state index in [-0.39, 0.29) is 0 Å². The molecule has 0 amide bonds. The molecule has 0 fully saturated rings. The molecule has 2 rings (SSSR count). The predicted molar refractivity (Wildman–Crippen MR) is 112 cm³/mol. The van der Waals surface area contributed by atoms with E-state index in [4.69, 9.17) is 24.4 Å². The molecule has 2 aromatic rings. The SMILES string of the molecule is CCNC(=S)Nc1ccc(-c2ccc(NC(=S)NCC)cc2)cc1. The Morgan fingerprint density at radius 3 is 1.29 bits per heavy atom. The van der Waals surface area contributed by atoms with E-state index in [9.17, 15) is 0 Å². The second-order valence-corrected chi connectivity index (χ2v) is 5.94.